The zero-order valence-corrected chi connectivity index (χ0v) is 16.9. The van der Waals surface area contributed by atoms with Crippen LogP contribution in [-0.4, -0.2) is 45.4 Å². The molecule has 2 aromatic rings. The van der Waals surface area contributed by atoms with E-state index in [1.54, 1.807) is 37.4 Å². The molecule has 2 aromatic carbocycles. The third-order valence-corrected chi connectivity index (χ3v) is 6.51. The van der Waals surface area contributed by atoms with Crippen molar-refractivity contribution in [2.45, 2.75) is 24.7 Å². The van der Waals surface area contributed by atoms with Crippen LogP contribution in [0.15, 0.2) is 47.4 Å². The largest absolute Gasteiger partial charge is 0.495 e. The van der Waals surface area contributed by atoms with E-state index in [9.17, 15) is 13.2 Å². The van der Waals surface area contributed by atoms with E-state index < -0.39 is 10.0 Å². The van der Waals surface area contributed by atoms with Crippen molar-refractivity contribution in [3.63, 3.8) is 0 Å². The molecule has 1 heterocycles. The summed E-state index contributed by atoms with van der Waals surface area (Å²) in [4.78, 5) is 12.5. The van der Waals surface area contributed by atoms with Crippen molar-refractivity contribution in [1.82, 2.24) is 4.31 Å². The highest BCUT2D eigenvalue weighted by Crippen LogP contribution is 2.25. The van der Waals surface area contributed by atoms with E-state index in [0.29, 0.717) is 30.2 Å². The summed E-state index contributed by atoms with van der Waals surface area (Å²) in [6.07, 6.45) is 1.78. The third kappa shape index (κ3) is 4.63. The molecule has 1 saturated heterocycles. The number of benzene rings is 2. The number of aryl methyl sites for hydroxylation is 1. The van der Waals surface area contributed by atoms with Gasteiger partial charge < -0.3 is 15.4 Å². The van der Waals surface area contributed by atoms with Crippen LogP contribution >= 0.6 is 0 Å². The molecule has 8 heteroatoms. The van der Waals surface area contributed by atoms with Gasteiger partial charge in [0.15, 0.2) is 0 Å². The van der Waals surface area contributed by atoms with Gasteiger partial charge in [-0.2, -0.15) is 4.31 Å². The van der Waals surface area contributed by atoms with Crippen LogP contribution in [0.3, 0.4) is 0 Å². The molecule has 0 aliphatic carbocycles. The number of amides is 1. The van der Waals surface area contributed by atoms with Crippen LogP contribution in [0.1, 0.15) is 18.4 Å². The Morgan fingerprint density at radius 2 is 1.89 bits per heavy atom. The van der Waals surface area contributed by atoms with Gasteiger partial charge in [-0.05, 0) is 55.7 Å². The molecule has 0 atom stereocenters. The Bertz CT molecular complexity index is 954. The maximum absolute atomic E-state index is 12.7. The molecule has 0 aromatic heterocycles. The summed E-state index contributed by atoms with van der Waals surface area (Å²) in [5, 5.41) is 5.79. The quantitative estimate of drug-likeness (QED) is 0.742. The SMILES string of the molecule is COc1ccc(C)cc1NC(=O)CNc1cccc(S(=O)(=O)N2CCCC2)c1. The lowest BCUT2D eigenvalue weighted by Crippen LogP contribution is -2.28. The predicted molar refractivity (Wildman–Crippen MR) is 109 cm³/mol. The summed E-state index contributed by atoms with van der Waals surface area (Å²) in [7, 11) is -1.94. The number of sulfonamides is 1. The summed E-state index contributed by atoms with van der Waals surface area (Å²) in [5.41, 5.74) is 2.18. The van der Waals surface area contributed by atoms with Crippen LogP contribution in [-0.2, 0) is 14.8 Å². The topological polar surface area (TPSA) is 87.7 Å². The summed E-state index contributed by atoms with van der Waals surface area (Å²) in [6.45, 7) is 3.05. The summed E-state index contributed by atoms with van der Waals surface area (Å²) < 4.78 is 32.1. The van der Waals surface area contributed by atoms with Gasteiger partial charge in [-0.15, -0.1) is 0 Å². The minimum Gasteiger partial charge on any atom is -0.495 e. The molecule has 0 radical (unpaired) electrons. The molecule has 1 amide bonds. The predicted octanol–water partition coefficient (Wildman–Crippen LogP) is 2.84. The van der Waals surface area contributed by atoms with Gasteiger partial charge in [0.1, 0.15) is 5.75 Å². The standard InChI is InChI=1S/C20H25N3O4S/c1-15-8-9-19(27-2)18(12-15)22-20(24)14-21-16-6-5-7-17(13-16)28(25,26)23-10-3-4-11-23/h5-9,12-13,21H,3-4,10-11,14H2,1-2H3,(H,22,24). The van der Waals surface area contributed by atoms with E-state index in [0.717, 1.165) is 18.4 Å². The number of anilines is 2. The number of nitrogens with one attached hydrogen (secondary N) is 2. The molecule has 1 fully saturated rings. The van der Waals surface area contributed by atoms with Gasteiger partial charge in [-0.25, -0.2) is 8.42 Å². The van der Waals surface area contributed by atoms with Crippen molar-refractivity contribution >= 4 is 27.3 Å². The monoisotopic (exact) mass is 403 g/mol. The highest BCUT2D eigenvalue weighted by atomic mass is 32.2. The smallest absolute Gasteiger partial charge is 0.243 e. The number of rotatable bonds is 7. The number of methoxy groups -OCH3 is 1. The number of carbonyl (C=O) groups excluding carboxylic acids is 1. The summed E-state index contributed by atoms with van der Waals surface area (Å²) in [5.74, 6) is 0.328. The number of carbonyl (C=O) groups is 1. The number of hydrogen-bond acceptors (Lipinski definition) is 5. The van der Waals surface area contributed by atoms with E-state index in [1.165, 1.54) is 4.31 Å². The van der Waals surface area contributed by atoms with Gasteiger partial charge >= 0.3 is 0 Å². The molecule has 28 heavy (non-hydrogen) atoms. The number of hydrogen-bond donors (Lipinski definition) is 2. The molecule has 7 nitrogen and oxygen atoms in total. The van der Waals surface area contributed by atoms with Gasteiger partial charge in [0.05, 0.1) is 24.2 Å². The molecule has 0 saturated carbocycles. The van der Waals surface area contributed by atoms with E-state index in [1.807, 2.05) is 19.1 Å². The molecule has 3 rings (SSSR count). The van der Waals surface area contributed by atoms with Crippen LogP contribution in [0.25, 0.3) is 0 Å². The first-order valence-corrected chi connectivity index (χ1v) is 10.6. The van der Waals surface area contributed by atoms with Crippen molar-refractivity contribution in [1.29, 1.82) is 0 Å². The Balaban J connectivity index is 1.65. The van der Waals surface area contributed by atoms with Crippen molar-refractivity contribution in [3.8, 4) is 5.75 Å². The van der Waals surface area contributed by atoms with Gasteiger partial charge in [-0.3, -0.25) is 4.79 Å². The van der Waals surface area contributed by atoms with Gasteiger partial charge in [-0.1, -0.05) is 12.1 Å². The number of ether oxygens (including phenoxy) is 1. The van der Waals surface area contributed by atoms with Gasteiger partial charge in [0, 0.05) is 18.8 Å². The molecule has 0 spiro atoms. The molecule has 0 unspecified atom stereocenters. The van der Waals surface area contributed by atoms with Crippen molar-refractivity contribution < 1.29 is 17.9 Å². The van der Waals surface area contributed by atoms with Crippen molar-refractivity contribution in [3.05, 3.63) is 48.0 Å². The molecular weight excluding hydrogens is 378 g/mol. The first kappa shape index (κ1) is 20.2. The third-order valence-electron chi connectivity index (χ3n) is 4.62. The van der Waals surface area contributed by atoms with Crippen LogP contribution < -0.4 is 15.4 Å². The van der Waals surface area contributed by atoms with Crippen LogP contribution in [0, 0.1) is 6.92 Å². The zero-order valence-electron chi connectivity index (χ0n) is 16.1. The lowest BCUT2D eigenvalue weighted by molar-refractivity contribution is -0.114. The Morgan fingerprint density at radius 1 is 1.14 bits per heavy atom. The molecular formula is C20H25N3O4S. The Kier molecular flexibility index (Phi) is 6.21. The second-order valence-electron chi connectivity index (χ2n) is 6.74. The van der Waals surface area contributed by atoms with Gasteiger partial charge in [0.25, 0.3) is 0 Å². The fourth-order valence-corrected chi connectivity index (χ4v) is 4.70. The van der Waals surface area contributed by atoms with Crippen LogP contribution in [0.5, 0.6) is 5.75 Å². The minimum absolute atomic E-state index is 0.00428. The molecule has 1 aliphatic rings. The maximum Gasteiger partial charge on any atom is 0.243 e. The Hall–Kier alpha value is -2.58. The molecule has 0 bridgehead atoms. The Labute approximate surface area is 165 Å². The van der Waals surface area contributed by atoms with E-state index in [2.05, 4.69) is 10.6 Å². The minimum atomic E-state index is -3.49. The summed E-state index contributed by atoms with van der Waals surface area (Å²) >= 11 is 0. The molecule has 2 N–H and O–H groups in total. The second kappa shape index (κ2) is 8.62. The molecule has 1 aliphatic heterocycles. The molecule has 150 valence electrons. The average molecular weight is 404 g/mol. The second-order valence-corrected chi connectivity index (χ2v) is 8.68. The highest BCUT2D eigenvalue weighted by Gasteiger charge is 2.27. The highest BCUT2D eigenvalue weighted by molar-refractivity contribution is 7.89. The Morgan fingerprint density at radius 3 is 2.61 bits per heavy atom. The average Bonchev–Trinajstić information content (AvgIpc) is 3.22. The van der Waals surface area contributed by atoms with Crippen molar-refractivity contribution in [2.75, 3.05) is 37.4 Å². The lowest BCUT2D eigenvalue weighted by atomic mass is 10.2. The van der Waals surface area contributed by atoms with Crippen LogP contribution in [0.2, 0.25) is 0 Å². The van der Waals surface area contributed by atoms with E-state index >= 15 is 0 Å². The number of nitrogens with zero attached hydrogens (tertiary/aromatic N) is 1. The summed E-state index contributed by atoms with van der Waals surface area (Å²) in [6, 6.07) is 12.1. The fourth-order valence-electron chi connectivity index (χ4n) is 3.14. The van der Waals surface area contributed by atoms with E-state index in [-0.39, 0.29) is 17.3 Å². The fraction of sp³-hybridized carbons (Fsp3) is 0.350. The van der Waals surface area contributed by atoms with Crippen molar-refractivity contribution in [2.24, 2.45) is 0 Å². The maximum atomic E-state index is 12.7. The lowest BCUT2D eigenvalue weighted by Gasteiger charge is -2.16. The van der Waals surface area contributed by atoms with Crippen LogP contribution in [0.4, 0.5) is 11.4 Å². The normalized spacial score (nSPS) is 14.6. The van der Waals surface area contributed by atoms with Gasteiger partial charge in [0.2, 0.25) is 15.9 Å². The zero-order chi connectivity index (χ0) is 20.1. The van der Waals surface area contributed by atoms with E-state index in [4.69, 9.17) is 4.74 Å². The first-order valence-electron chi connectivity index (χ1n) is 9.19. The first-order chi connectivity index (χ1) is 13.4.